The fourth-order valence-corrected chi connectivity index (χ4v) is 3.35. The van der Waals surface area contributed by atoms with Crippen molar-refractivity contribution in [1.82, 2.24) is 0 Å². The number of hydrogen-bond acceptors (Lipinski definition) is 0. The molecule has 0 heteroatoms. The Morgan fingerprint density at radius 2 is 1.32 bits per heavy atom. The summed E-state index contributed by atoms with van der Waals surface area (Å²) in [5.74, 6) is 12.5. The Morgan fingerprint density at radius 1 is 0.643 bits per heavy atom. The minimum Gasteiger partial charge on any atom is -0.0654 e. The highest BCUT2D eigenvalue weighted by Crippen LogP contribution is 2.17. The van der Waals surface area contributed by atoms with Crippen molar-refractivity contribution in [1.29, 1.82) is 0 Å². The number of rotatable bonds is 10. The zero-order chi connectivity index (χ0) is 19.9. The predicted octanol–water partition coefficient (Wildman–Crippen LogP) is 7.34. The summed E-state index contributed by atoms with van der Waals surface area (Å²) in [6, 6.07) is 16.9. The first-order valence-electron chi connectivity index (χ1n) is 11.0. The van der Waals surface area contributed by atoms with Crippen LogP contribution >= 0.6 is 0 Å². The summed E-state index contributed by atoms with van der Waals surface area (Å²) in [4.78, 5) is 0. The molecule has 0 spiro atoms. The molecular formula is C28H34. The van der Waals surface area contributed by atoms with Gasteiger partial charge in [-0.2, -0.15) is 0 Å². The van der Waals surface area contributed by atoms with E-state index in [1.165, 1.54) is 68.9 Å². The molecule has 0 radical (unpaired) electrons. The third-order valence-electron chi connectivity index (χ3n) is 5.03. The van der Waals surface area contributed by atoms with Gasteiger partial charge in [0, 0.05) is 11.1 Å². The zero-order valence-electron chi connectivity index (χ0n) is 17.7. The third-order valence-corrected chi connectivity index (χ3v) is 5.03. The van der Waals surface area contributed by atoms with Gasteiger partial charge in [-0.1, -0.05) is 94.5 Å². The Kier molecular flexibility index (Phi) is 10.7. The molecule has 0 aliphatic rings. The van der Waals surface area contributed by atoms with Gasteiger partial charge in [0.25, 0.3) is 0 Å². The summed E-state index contributed by atoms with van der Waals surface area (Å²) in [7, 11) is 0. The average Bonchev–Trinajstić information content (AvgIpc) is 2.73. The summed E-state index contributed by atoms with van der Waals surface area (Å²) < 4.78 is 0. The first-order chi connectivity index (χ1) is 13.8. The molecule has 0 heterocycles. The molecule has 146 valence electrons. The van der Waals surface area contributed by atoms with Crippen molar-refractivity contribution in [3.8, 4) is 23.7 Å². The van der Waals surface area contributed by atoms with Crippen LogP contribution in [-0.4, -0.2) is 0 Å². The molecule has 0 bridgehead atoms. The molecular weight excluding hydrogens is 336 g/mol. The number of benzene rings is 2. The zero-order valence-corrected chi connectivity index (χ0v) is 17.7. The quantitative estimate of drug-likeness (QED) is 0.303. The van der Waals surface area contributed by atoms with E-state index in [1.807, 2.05) is 30.3 Å². The van der Waals surface area contributed by atoms with Crippen LogP contribution < -0.4 is 0 Å². The van der Waals surface area contributed by atoms with Gasteiger partial charge < -0.3 is 0 Å². The van der Waals surface area contributed by atoms with Gasteiger partial charge in [-0.05, 0) is 66.9 Å². The Hall–Kier alpha value is -2.44. The summed E-state index contributed by atoms with van der Waals surface area (Å²) in [6.45, 7) is 4.53. The lowest BCUT2D eigenvalue weighted by Crippen LogP contribution is -1.95. The van der Waals surface area contributed by atoms with Gasteiger partial charge in [-0.25, -0.2) is 0 Å². The molecule has 2 aromatic carbocycles. The Balaban J connectivity index is 2.08. The van der Waals surface area contributed by atoms with Crippen molar-refractivity contribution in [2.45, 2.75) is 78.1 Å². The maximum atomic E-state index is 3.30. The van der Waals surface area contributed by atoms with Gasteiger partial charge in [-0.15, -0.1) is 0 Å². The van der Waals surface area contributed by atoms with E-state index >= 15 is 0 Å². The van der Waals surface area contributed by atoms with Gasteiger partial charge in [0.15, 0.2) is 0 Å². The van der Waals surface area contributed by atoms with Crippen LogP contribution in [0.1, 0.15) is 87.5 Å². The second-order valence-electron chi connectivity index (χ2n) is 7.48. The lowest BCUT2D eigenvalue weighted by molar-refractivity contribution is 0.661. The van der Waals surface area contributed by atoms with Crippen LogP contribution in [0.2, 0.25) is 0 Å². The van der Waals surface area contributed by atoms with E-state index in [4.69, 9.17) is 0 Å². The van der Waals surface area contributed by atoms with E-state index in [0.717, 1.165) is 17.5 Å². The van der Waals surface area contributed by atoms with Crippen molar-refractivity contribution >= 4 is 0 Å². The molecule has 0 aromatic heterocycles. The average molecular weight is 371 g/mol. The van der Waals surface area contributed by atoms with E-state index in [0.29, 0.717) is 0 Å². The minimum atomic E-state index is 1.01. The van der Waals surface area contributed by atoms with Gasteiger partial charge in [0.1, 0.15) is 0 Å². The summed E-state index contributed by atoms with van der Waals surface area (Å²) in [5.41, 5.74) is 5.02. The van der Waals surface area contributed by atoms with Crippen molar-refractivity contribution in [2.75, 3.05) is 0 Å². The lowest BCUT2D eigenvalue weighted by Gasteiger charge is -2.08. The molecule has 2 aromatic rings. The molecule has 0 unspecified atom stereocenters. The van der Waals surface area contributed by atoms with Gasteiger partial charge in [-0.3, -0.25) is 0 Å². The number of unbranched alkanes of at least 4 members (excludes halogenated alkanes) is 6. The standard InChI is InChI=1S/C28H34/c1-3-5-7-10-19-26-22-23-27(28(24-26)21-13-8-6-4-2)20-15-14-18-25-16-11-9-12-17-25/h9,11-12,16-17,22-24H,3-8,10,13,19,21H2,1-2H3. The Labute approximate surface area is 172 Å². The van der Waals surface area contributed by atoms with Crippen LogP contribution in [0.5, 0.6) is 0 Å². The first-order valence-corrected chi connectivity index (χ1v) is 11.0. The van der Waals surface area contributed by atoms with E-state index in [1.54, 1.807) is 0 Å². The minimum absolute atomic E-state index is 1.01. The van der Waals surface area contributed by atoms with Crippen molar-refractivity contribution in [3.63, 3.8) is 0 Å². The highest BCUT2D eigenvalue weighted by atomic mass is 14.1. The molecule has 0 aliphatic heterocycles. The second-order valence-corrected chi connectivity index (χ2v) is 7.48. The van der Waals surface area contributed by atoms with Crippen molar-refractivity contribution in [3.05, 3.63) is 70.8 Å². The third kappa shape index (κ3) is 8.50. The molecule has 0 N–H and O–H groups in total. The lowest BCUT2D eigenvalue weighted by atomic mass is 9.96. The van der Waals surface area contributed by atoms with Crippen LogP contribution in [0.15, 0.2) is 48.5 Å². The highest BCUT2D eigenvalue weighted by Gasteiger charge is 2.03. The molecule has 0 nitrogen and oxygen atoms in total. The monoisotopic (exact) mass is 370 g/mol. The van der Waals surface area contributed by atoms with Crippen molar-refractivity contribution < 1.29 is 0 Å². The maximum Gasteiger partial charge on any atom is 0.0287 e. The molecule has 0 saturated carbocycles. The van der Waals surface area contributed by atoms with Gasteiger partial charge in [0.05, 0.1) is 0 Å². The largest absolute Gasteiger partial charge is 0.0654 e. The fraction of sp³-hybridized carbons (Fsp3) is 0.429. The van der Waals surface area contributed by atoms with Crippen LogP contribution in [-0.2, 0) is 12.8 Å². The van der Waals surface area contributed by atoms with Crippen LogP contribution in [0.25, 0.3) is 0 Å². The van der Waals surface area contributed by atoms with E-state index in [9.17, 15) is 0 Å². The molecule has 28 heavy (non-hydrogen) atoms. The summed E-state index contributed by atoms with van der Waals surface area (Å²) >= 11 is 0. The Morgan fingerprint density at radius 3 is 2.04 bits per heavy atom. The van der Waals surface area contributed by atoms with E-state index < -0.39 is 0 Å². The molecule has 0 fully saturated rings. The number of hydrogen-bond donors (Lipinski definition) is 0. The SMILES string of the molecule is CCCCCCc1ccc(C#CC#Cc2ccccc2)c(CCCCCC)c1. The fourth-order valence-electron chi connectivity index (χ4n) is 3.35. The summed E-state index contributed by atoms with van der Waals surface area (Å²) in [6.07, 6.45) is 12.7. The van der Waals surface area contributed by atoms with Crippen LogP contribution in [0, 0.1) is 23.7 Å². The second kappa shape index (κ2) is 13.7. The normalized spacial score (nSPS) is 9.93. The van der Waals surface area contributed by atoms with Gasteiger partial charge in [0.2, 0.25) is 0 Å². The van der Waals surface area contributed by atoms with Crippen molar-refractivity contribution in [2.24, 2.45) is 0 Å². The van der Waals surface area contributed by atoms with E-state index in [2.05, 4.69) is 55.7 Å². The van der Waals surface area contributed by atoms with E-state index in [-0.39, 0.29) is 0 Å². The predicted molar refractivity (Wildman–Crippen MR) is 122 cm³/mol. The van der Waals surface area contributed by atoms with Crippen LogP contribution in [0.4, 0.5) is 0 Å². The Bertz CT molecular complexity index is 806. The molecule has 0 aliphatic carbocycles. The number of aryl methyl sites for hydroxylation is 2. The molecule has 0 atom stereocenters. The van der Waals surface area contributed by atoms with Crippen LogP contribution in [0.3, 0.4) is 0 Å². The smallest absolute Gasteiger partial charge is 0.0287 e. The molecule has 0 amide bonds. The summed E-state index contributed by atoms with van der Waals surface area (Å²) in [5, 5.41) is 0. The molecule has 0 saturated heterocycles. The highest BCUT2D eigenvalue weighted by molar-refractivity contribution is 5.48. The first kappa shape index (κ1) is 21.9. The molecule has 2 rings (SSSR count). The maximum absolute atomic E-state index is 3.30. The van der Waals surface area contributed by atoms with Gasteiger partial charge >= 0.3 is 0 Å². The topological polar surface area (TPSA) is 0 Å².